The number of hydrogen-bond acceptors (Lipinski definition) is 4. The normalized spacial score (nSPS) is 33.0. The number of hydrogen-bond donors (Lipinski definition) is 2. The van der Waals surface area contributed by atoms with Crippen LogP contribution in [-0.2, 0) is 14.3 Å². The van der Waals surface area contributed by atoms with Crippen LogP contribution in [0.2, 0.25) is 0 Å². The van der Waals surface area contributed by atoms with Gasteiger partial charge in [-0.05, 0) is 50.4 Å². The zero-order chi connectivity index (χ0) is 16.6. The topological polar surface area (TPSA) is 102 Å². The molecule has 7 heteroatoms. The highest BCUT2D eigenvalue weighted by atomic mass is 16.6. The van der Waals surface area contributed by atoms with E-state index in [-0.39, 0.29) is 12.0 Å². The van der Waals surface area contributed by atoms with Crippen molar-refractivity contribution in [3.8, 4) is 0 Å². The lowest BCUT2D eigenvalue weighted by atomic mass is 10.1. The van der Waals surface area contributed by atoms with Gasteiger partial charge in [-0.3, -0.25) is 9.59 Å². The van der Waals surface area contributed by atoms with Gasteiger partial charge in [-0.25, -0.2) is 4.79 Å². The Morgan fingerprint density at radius 2 is 1.96 bits per heavy atom. The van der Waals surface area contributed by atoms with Gasteiger partial charge >= 0.3 is 6.09 Å². The predicted molar refractivity (Wildman–Crippen MR) is 82.2 cm³/mol. The van der Waals surface area contributed by atoms with Gasteiger partial charge in [-0.15, -0.1) is 0 Å². The van der Waals surface area contributed by atoms with Crippen LogP contribution in [0.15, 0.2) is 0 Å². The van der Waals surface area contributed by atoms with Crippen molar-refractivity contribution in [2.75, 3.05) is 6.54 Å². The van der Waals surface area contributed by atoms with Crippen LogP contribution in [0.3, 0.4) is 0 Å². The van der Waals surface area contributed by atoms with Gasteiger partial charge < -0.3 is 20.7 Å². The monoisotopic (exact) mass is 323 g/mol. The Balaban J connectivity index is 1.52. The van der Waals surface area contributed by atoms with Crippen LogP contribution in [0.4, 0.5) is 4.79 Å². The molecule has 3 fully saturated rings. The van der Waals surface area contributed by atoms with E-state index in [1.165, 1.54) is 11.3 Å². The molecule has 3 amide bonds. The second-order valence-electron chi connectivity index (χ2n) is 6.95. The van der Waals surface area contributed by atoms with Crippen molar-refractivity contribution < 1.29 is 19.1 Å². The van der Waals surface area contributed by atoms with Crippen molar-refractivity contribution in [2.45, 2.75) is 63.6 Å². The van der Waals surface area contributed by atoms with Gasteiger partial charge in [-0.1, -0.05) is 6.92 Å². The summed E-state index contributed by atoms with van der Waals surface area (Å²) < 4.78 is 5.42. The molecule has 5 atom stereocenters. The van der Waals surface area contributed by atoms with E-state index >= 15 is 0 Å². The predicted octanol–water partition coefficient (Wildman–Crippen LogP) is 0.766. The zero-order valence-electron chi connectivity index (χ0n) is 13.5. The number of primary amides is 1. The summed E-state index contributed by atoms with van der Waals surface area (Å²) in [5, 5.41) is 2.65. The maximum atomic E-state index is 12.6. The fourth-order valence-corrected chi connectivity index (χ4v) is 3.95. The molecule has 2 saturated carbocycles. The van der Waals surface area contributed by atoms with Crippen molar-refractivity contribution >= 4 is 17.9 Å². The van der Waals surface area contributed by atoms with Crippen LogP contribution in [0.1, 0.15) is 45.4 Å². The first kappa shape index (κ1) is 16.1. The largest absolute Gasteiger partial charge is 0.446 e. The number of fused-ring (bicyclic) bond motifs is 1. The molecule has 23 heavy (non-hydrogen) atoms. The Labute approximate surface area is 135 Å². The minimum atomic E-state index is -0.668. The molecule has 7 nitrogen and oxygen atoms in total. The molecular weight excluding hydrogens is 298 g/mol. The molecule has 3 aliphatic rings. The summed E-state index contributed by atoms with van der Waals surface area (Å²) in [6.07, 6.45) is 4.39. The summed E-state index contributed by atoms with van der Waals surface area (Å²) in [5.41, 5.74) is 5.35. The van der Waals surface area contributed by atoms with E-state index in [2.05, 4.69) is 5.32 Å². The van der Waals surface area contributed by atoms with Crippen LogP contribution in [0.5, 0.6) is 0 Å². The molecule has 3 N–H and O–H groups in total. The molecule has 1 heterocycles. The number of nitrogens with two attached hydrogens (primary N) is 1. The number of carbonyl (C=O) groups is 3. The third kappa shape index (κ3) is 3.43. The fourth-order valence-electron chi connectivity index (χ4n) is 3.95. The molecule has 0 radical (unpaired) electrons. The first-order chi connectivity index (χ1) is 11.0. The number of nitrogens with one attached hydrogen (secondary N) is 1. The van der Waals surface area contributed by atoms with Gasteiger partial charge in [0.2, 0.25) is 11.8 Å². The number of amides is 3. The smallest absolute Gasteiger partial charge is 0.408 e. The lowest BCUT2D eigenvalue weighted by Gasteiger charge is -2.27. The second kappa shape index (κ2) is 6.37. The molecular formula is C16H25N3O4. The van der Waals surface area contributed by atoms with E-state index in [0.717, 1.165) is 31.1 Å². The zero-order valence-corrected chi connectivity index (χ0v) is 13.5. The summed E-state index contributed by atoms with van der Waals surface area (Å²) >= 11 is 0. The van der Waals surface area contributed by atoms with Gasteiger partial charge in [0.05, 0.1) is 0 Å². The summed E-state index contributed by atoms with van der Waals surface area (Å²) in [4.78, 5) is 37.5. The number of likely N-dealkylation sites (tertiary alicyclic amines) is 1. The highest BCUT2D eigenvalue weighted by molar-refractivity contribution is 5.91. The molecule has 0 aromatic carbocycles. The van der Waals surface area contributed by atoms with E-state index < -0.39 is 24.1 Å². The fraction of sp³-hybridized carbons (Fsp3) is 0.812. The Morgan fingerprint density at radius 1 is 1.26 bits per heavy atom. The SMILES string of the molecule is CC[C@H](NC(=O)OC1C[C@@H]2C[C@@H]2C1)C(=O)N1CCC[C@H]1C(N)=O. The number of ether oxygens (including phenoxy) is 1. The number of alkyl carbamates (subject to hydrolysis) is 1. The summed E-state index contributed by atoms with van der Waals surface area (Å²) in [5.74, 6) is 0.730. The molecule has 0 aromatic heterocycles. The second-order valence-corrected chi connectivity index (χ2v) is 6.95. The van der Waals surface area contributed by atoms with Crippen molar-refractivity contribution in [1.29, 1.82) is 0 Å². The van der Waals surface area contributed by atoms with Gasteiger partial charge in [-0.2, -0.15) is 0 Å². The standard InChI is InChI=1S/C16H25N3O4/c1-2-12(15(21)19-5-3-4-13(19)14(17)20)18-16(22)23-11-7-9-6-10(9)8-11/h9-13H,2-8H2,1H3,(H2,17,20)(H,18,22)/t9-,10+,11?,12-,13-/m0/s1. The van der Waals surface area contributed by atoms with Gasteiger partial charge in [0, 0.05) is 6.54 Å². The molecule has 0 aromatic rings. The van der Waals surface area contributed by atoms with E-state index in [0.29, 0.717) is 19.4 Å². The minimum Gasteiger partial charge on any atom is -0.446 e. The van der Waals surface area contributed by atoms with Crippen LogP contribution in [-0.4, -0.2) is 47.5 Å². The first-order valence-electron chi connectivity index (χ1n) is 8.56. The average molecular weight is 323 g/mol. The van der Waals surface area contributed by atoms with E-state index in [1.54, 1.807) is 0 Å². The molecule has 2 aliphatic carbocycles. The third-order valence-electron chi connectivity index (χ3n) is 5.34. The molecule has 3 rings (SSSR count). The number of carbonyl (C=O) groups excluding carboxylic acids is 3. The lowest BCUT2D eigenvalue weighted by molar-refractivity contribution is -0.139. The van der Waals surface area contributed by atoms with Crippen LogP contribution in [0.25, 0.3) is 0 Å². The average Bonchev–Trinajstić information content (AvgIpc) is 2.92. The van der Waals surface area contributed by atoms with Crippen LogP contribution < -0.4 is 11.1 Å². The van der Waals surface area contributed by atoms with E-state index in [9.17, 15) is 14.4 Å². The van der Waals surface area contributed by atoms with Crippen molar-refractivity contribution in [3.05, 3.63) is 0 Å². The van der Waals surface area contributed by atoms with Gasteiger partial charge in [0.1, 0.15) is 18.2 Å². The Morgan fingerprint density at radius 3 is 2.57 bits per heavy atom. The van der Waals surface area contributed by atoms with Crippen molar-refractivity contribution in [1.82, 2.24) is 10.2 Å². The molecule has 0 spiro atoms. The Kier molecular flexibility index (Phi) is 4.46. The molecule has 1 unspecified atom stereocenters. The summed E-state index contributed by atoms with van der Waals surface area (Å²) in [6.45, 7) is 2.33. The number of nitrogens with zero attached hydrogens (tertiary/aromatic N) is 1. The Hall–Kier alpha value is -1.79. The highest BCUT2D eigenvalue weighted by Gasteiger charge is 2.47. The maximum Gasteiger partial charge on any atom is 0.408 e. The Bertz CT molecular complexity index is 500. The summed E-state index contributed by atoms with van der Waals surface area (Å²) in [7, 11) is 0. The third-order valence-corrected chi connectivity index (χ3v) is 5.34. The van der Waals surface area contributed by atoms with Gasteiger partial charge in [0.15, 0.2) is 0 Å². The quantitative estimate of drug-likeness (QED) is 0.780. The minimum absolute atomic E-state index is 0.0171. The van der Waals surface area contributed by atoms with E-state index in [1.807, 2.05) is 6.92 Å². The van der Waals surface area contributed by atoms with Crippen molar-refractivity contribution in [3.63, 3.8) is 0 Å². The van der Waals surface area contributed by atoms with Crippen molar-refractivity contribution in [2.24, 2.45) is 17.6 Å². The lowest BCUT2D eigenvalue weighted by Crippen LogP contribution is -2.52. The first-order valence-corrected chi connectivity index (χ1v) is 8.56. The van der Waals surface area contributed by atoms with Crippen LogP contribution >= 0.6 is 0 Å². The molecule has 128 valence electrons. The van der Waals surface area contributed by atoms with Gasteiger partial charge in [0.25, 0.3) is 0 Å². The molecule has 0 bridgehead atoms. The highest BCUT2D eigenvalue weighted by Crippen LogP contribution is 2.52. The number of rotatable bonds is 5. The van der Waals surface area contributed by atoms with E-state index in [4.69, 9.17) is 10.5 Å². The van der Waals surface area contributed by atoms with Crippen LogP contribution in [0, 0.1) is 11.8 Å². The summed E-state index contributed by atoms with van der Waals surface area (Å²) in [6, 6.07) is -1.23. The molecule has 1 aliphatic heterocycles. The molecule has 1 saturated heterocycles. The maximum absolute atomic E-state index is 12.6.